The molecule has 6 N–H and O–H groups in total. The van der Waals surface area contributed by atoms with E-state index >= 15 is 0 Å². The van der Waals surface area contributed by atoms with Crippen LogP contribution in [0, 0.1) is 5.21 Å². The number of carboxylic acid groups (broad SMARTS) is 1. The Morgan fingerprint density at radius 2 is 2.11 bits per heavy atom. The molecular formula is C21H21N7O7S3. The van der Waals surface area contributed by atoms with E-state index in [2.05, 4.69) is 21.0 Å². The van der Waals surface area contributed by atoms with Gasteiger partial charge in [-0.25, -0.2) is 9.59 Å². The molecule has 0 spiro atoms. The third-order valence-electron chi connectivity index (χ3n) is 5.42. The maximum absolute atomic E-state index is 13.1. The highest BCUT2D eigenvalue weighted by Crippen LogP contribution is 2.41. The number of nitrogens with one attached hydrogen (secondary N) is 3. The minimum atomic E-state index is -1.30. The zero-order chi connectivity index (χ0) is 27.4. The van der Waals surface area contributed by atoms with Crippen LogP contribution in [-0.4, -0.2) is 74.3 Å². The summed E-state index contributed by atoms with van der Waals surface area (Å²) < 4.78 is 0. The molecular weight excluding hydrogens is 558 g/mol. The number of aromatic nitrogens is 2. The van der Waals surface area contributed by atoms with E-state index in [4.69, 9.17) is 5.73 Å². The van der Waals surface area contributed by atoms with Crippen molar-refractivity contribution in [2.24, 2.45) is 5.73 Å². The van der Waals surface area contributed by atoms with Crippen molar-refractivity contribution in [2.75, 3.05) is 18.1 Å². The summed E-state index contributed by atoms with van der Waals surface area (Å²) in [6.45, 7) is -0.431. The Morgan fingerprint density at radius 3 is 2.76 bits per heavy atom. The highest BCUT2D eigenvalue weighted by Gasteiger charge is 2.54. The third kappa shape index (κ3) is 5.84. The minimum absolute atomic E-state index is 0.154. The number of carbonyl (C=O) groups excluding carboxylic acids is 4. The number of nitrogens with zero attached hydrogens (tertiary/aromatic N) is 3. The maximum Gasteiger partial charge on any atom is 0.352 e. The molecule has 2 aliphatic rings. The van der Waals surface area contributed by atoms with Crippen molar-refractivity contribution >= 4 is 64.6 Å². The van der Waals surface area contributed by atoms with Crippen molar-refractivity contribution in [3.63, 3.8) is 0 Å². The summed E-state index contributed by atoms with van der Waals surface area (Å²) in [6, 6.07) is 3.44. The SMILES string of the molecule is NC(=O)CNC(=O)NC(C(=O)N[C@H]1C(=O)N2C(C(=O)O)=C(CSc3cccn[n+]3[O-])CSC12)c1cccs1. The molecule has 5 amide bonds. The van der Waals surface area contributed by atoms with E-state index in [1.54, 1.807) is 29.6 Å². The Hall–Kier alpha value is -3.83. The second-order valence-corrected chi connectivity index (χ2v) is 11.0. The number of fused-ring (bicyclic) bond motifs is 1. The molecule has 17 heteroatoms. The predicted octanol–water partition coefficient (Wildman–Crippen LogP) is -0.867. The topological polar surface area (TPSA) is 211 Å². The van der Waals surface area contributed by atoms with Crippen LogP contribution in [0.1, 0.15) is 10.9 Å². The second kappa shape index (κ2) is 11.7. The van der Waals surface area contributed by atoms with Gasteiger partial charge in [0, 0.05) is 27.5 Å². The van der Waals surface area contributed by atoms with Gasteiger partial charge in [0.15, 0.2) is 0 Å². The molecule has 2 unspecified atom stereocenters. The van der Waals surface area contributed by atoms with E-state index in [-0.39, 0.29) is 22.2 Å². The number of carboxylic acids is 1. The van der Waals surface area contributed by atoms with Crippen LogP contribution >= 0.6 is 34.9 Å². The van der Waals surface area contributed by atoms with Crippen molar-refractivity contribution in [1.82, 2.24) is 25.9 Å². The number of hydrogen-bond acceptors (Lipinski definition) is 10. The lowest BCUT2D eigenvalue weighted by Crippen LogP contribution is -2.71. The standard InChI is InChI=1S/C21H21N7O7S3/c22-12(29)7-23-21(34)26-14(11-3-2-6-36-11)17(30)25-15-18(31)27-16(20(32)33)10(9-38-19(15)27)8-37-13-4-1-5-24-28(13)35/h1-6,14-15,19H,7-9H2,(H2,22,29)(H,25,30)(H,32,33)(H2,23,26,34)/t14?,15-,19?/m0/s1. The molecule has 14 nitrogen and oxygen atoms in total. The molecule has 2 aromatic rings. The molecule has 0 saturated carbocycles. The smallest absolute Gasteiger partial charge is 0.352 e. The third-order valence-corrected chi connectivity index (χ3v) is 8.77. The van der Waals surface area contributed by atoms with Crippen molar-refractivity contribution in [3.8, 4) is 0 Å². The minimum Gasteiger partial charge on any atom is -0.593 e. The van der Waals surface area contributed by atoms with Crippen molar-refractivity contribution in [2.45, 2.75) is 22.5 Å². The highest BCUT2D eigenvalue weighted by atomic mass is 32.2. The van der Waals surface area contributed by atoms with Crippen molar-refractivity contribution < 1.29 is 33.9 Å². The van der Waals surface area contributed by atoms with E-state index < -0.39 is 53.7 Å². The van der Waals surface area contributed by atoms with Gasteiger partial charge < -0.3 is 32.0 Å². The molecule has 4 heterocycles. The lowest BCUT2D eigenvalue weighted by Gasteiger charge is -2.49. The first kappa shape index (κ1) is 27.2. The van der Waals surface area contributed by atoms with Crippen LogP contribution < -0.4 is 26.5 Å². The van der Waals surface area contributed by atoms with Crippen LogP contribution in [0.15, 0.2) is 52.1 Å². The predicted molar refractivity (Wildman–Crippen MR) is 136 cm³/mol. The number of amides is 5. The molecule has 1 saturated heterocycles. The first-order chi connectivity index (χ1) is 18.2. The molecule has 0 aromatic carbocycles. The maximum atomic E-state index is 13.1. The summed E-state index contributed by atoms with van der Waals surface area (Å²) in [6.07, 6.45) is 1.33. The van der Waals surface area contributed by atoms with Gasteiger partial charge in [-0.1, -0.05) is 6.07 Å². The number of thiophene rings is 1. The van der Waals surface area contributed by atoms with Crippen LogP contribution in [0.25, 0.3) is 0 Å². The van der Waals surface area contributed by atoms with Gasteiger partial charge in [0.2, 0.25) is 11.8 Å². The van der Waals surface area contributed by atoms with E-state index in [1.807, 2.05) is 0 Å². The summed E-state index contributed by atoms with van der Waals surface area (Å²) in [5, 5.41) is 33.9. The molecule has 38 heavy (non-hydrogen) atoms. The van der Waals surface area contributed by atoms with Gasteiger partial charge in [0.25, 0.3) is 10.9 Å². The van der Waals surface area contributed by atoms with E-state index in [1.165, 1.54) is 29.3 Å². The Balaban J connectivity index is 1.46. The summed E-state index contributed by atoms with van der Waals surface area (Å²) in [5.74, 6) is -2.94. The number of aliphatic carboxylic acids is 1. The number of urea groups is 1. The monoisotopic (exact) mass is 579 g/mol. The summed E-state index contributed by atoms with van der Waals surface area (Å²) in [5.41, 5.74) is 5.29. The second-order valence-electron chi connectivity index (χ2n) is 7.92. The van der Waals surface area contributed by atoms with Gasteiger partial charge in [-0.3, -0.25) is 19.3 Å². The highest BCUT2D eigenvalue weighted by molar-refractivity contribution is 8.01. The lowest BCUT2D eigenvalue weighted by atomic mass is 10.0. The molecule has 2 aliphatic heterocycles. The number of rotatable bonds is 10. The van der Waals surface area contributed by atoms with Crippen LogP contribution in [0.2, 0.25) is 0 Å². The van der Waals surface area contributed by atoms with E-state index in [0.29, 0.717) is 15.3 Å². The van der Waals surface area contributed by atoms with Crippen molar-refractivity contribution in [3.05, 3.63) is 57.2 Å². The zero-order valence-corrected chi connectivity index (χ0v) is 21.8. The molecule has 0 bridgehead atoms. The Labute approximate surface area is 227 Å². The molecule has 0 aliphatic carbocycles. The van der Waals surface area contributed by atoms with Crippen LogP contribution in [0.4, 0.5) is 4.79 Å². The Bertz CT molecular complexity index is 1300. The Kier molecular flexibility index (Phi) is 8.38. The summed E-state index contributed by atoms with van der Waals surface area (Å²) >= 11 is 3.58. The van der Waals surface area contributed by atoms with Crippen LogP contribution in [0.5, 0.6) is 0 Å². The molecule has 2 aromatic heterocycles. The molecule has 0 radical (unpaired) electrons. The van der Waals surface area contributed by atoms with Gasteiger partial charge in [0.05, 0.1) is 12.7 Å². The number of β-lactam (4-membered cyclic amide) rings is 1. The zero-order valence-electron chi connectivity index (χ0n) is 19.4. The van der Waals surface area contributed by atoms with Gasteiger partial charge in [-0.15, -0.1) is 23.1 Å². The largest absolute Gasteiger partial charge is 0.593 e. The summed E-state index contributed by atoms with van der Waals surface area (Å²) in [4.78, 5) is 63.4. The fraction of sp³-hybridized carbons (Fsp3) is 0.286. The van der Waals surface area contributed by atoms with Gasteiger partial charge in [-0.05, 0) is 39.7 Å². The summed E-state index contributed by atoms with van der Waals surface area (Å²) in [7, 11) is 0. The molecule has 200 valence electrons. The average molecular weight is 580 g/mol. The number of nitrogens with two attached hydrogens (primary N) is 1. The number of thioether (sulfide) groups is 2. The van der Waals surface area contributed by atoms with Gasteiger partial charge >= 0.3 is 12.0 Å². The van der Waals surface area contributed by atoms with E-state index in [0.717, 1.165) is 16.7 Å². The number of carbonyl (C=O) groups is 5. The molecule has 4 rings (SSSR count). The first-order valence-corrected chi connectivity index (χ1v) is 13.8. The lowest BCUT2D eigenvalue weighted by molar-refractivity contribution is -0.706. The number of hydrogen-bond donors (Lipinski definition) is 5. The normalized spacial score (nSPS) is 19.2. The first-order valence-electron chi connectivity index (χ1n) is 10.9. The fourth-order valence-corrected chi connectivity index (χ4v) is 6.85. The van der Waals surface area contributed by atoms with E-state index in [9.17, 15) is 34.3 Å². The fourth-order valence-electron chi connectivity index (χ4n) is 3.71. The number of primary amides is 1. The van der Waals surface area contributed by atoms with Gasteiger partial charge in [0.1, 0.15) is 23.2 Å². The Morgan fingerprint density at radius 1 is 1.32 bits per heavy atom. The van der Waals surface area contributed by atoms with Crippen LogP contribution in [0.3, 0.4) is 0 Å². The van der Waals surface area contributed by atoms with Crippen molar-refractivity contribution in [1.29, 1.82) is 0 Å². The quantitative estimate of drug-likeness (QED) is 0.102. The van der Waals surface area contributed by atoms with Gasteiger partial charge in [-0.2, -0.15) is 0 Å². The molecule has 3 atom stereocenters. The molecule has 1 fully saturated rings. The van der Waals surface area contributed by atoms with Crippen LogP contribution in [-0.2, 0) is 19.2 Å². The average Bonchev–Trinajstić information content (AvgIpc) is 3.42.